The van der Waals surface area contributed by atoms with Crippen molar-refractivity contribution in [2.45, 2.75) is 11.1 Å². The summed E-state index contributed by atoms with van der Waals surface area (Å²) >= 11 is 0.941. The molecule has 0 amide bonds. The second kappa shape index (κ2) is 5.13. The van der Waals surface area contributed by atoms with E-state index in [9.17, 15) is 18.0 Å². The summed E-state index contributed by atoms with van der Waals surface area (Å²) in [5.74, 6) is -1.14. The summed E-state index contributed by atoms with van der Waals surface area (Å²) in [5, 5.41) is 9.57. The van der Waals surface area contributed by atoms with Crippen LogP contribution in [-0.2, 0) is 11.0 Å². The number of halogens is 3. The van der Waals surface area contributed by atoms with Crippen molar-refractivity contribution in [2.24, 2.45) is 0 Å². The number of carboxylic acid groups (broad SMARTS) is 1. The van der Waals surface area contributed by atoms with E-state index in [0.29, 0.717) is 4.90 Å². The molecule has 3 N–H and O–H groups in total. The van der Waals surface area contributed by atoms with Crippen LogP contribution in [0, 0.1) is 0 Å². The van der Waals surface area contributed by atoms with E-state index in [1.54, 1.807) is 0 Å². The summed E-state index contributed by atoms with van der Waals surface area (Å²) in [6, 6.07) is 2.92. The number of nitrogens with two attached hydrogens (primary N) is 1. The molecule has 0 spiro atoms. The Bertz CT molecular complexity index is 457. The van der Waals surface area contributed by atoms with Gasteiger partial charge in [-0.25, -0.2) is 4.79 Å². The molecule has 0 unspecified atom stereocenters. The molecule has 92 valence electrons. The number of aliphatic carboxylic acids is 1. The number of carbonyl (C=O) groups is 1. The average molecular weight is 263 g/mol. The Morgan fingerprint density at radius 1 is 1.41 bits per heavy atom. The van der Waals surface area contributed by atoms with Crippen molar-refractivity contribution in [3.8, 4) is 0 Å². The average Bonchev–Trinajstić information content (AvgIpc) is 2.18. The van der Waals surface area contributed by atoms with Crippen molar-refractivity contribution in [3.05, 3.63) is 35.2 Å². The van der Waals surface area contributed by atoms with E-state index >= 15 is 0 Å². The summed E-state index contributed by atoms with van der Waals surface area (Å²) in [7, 11) is 0. The molecule has 1 aromatic rings. The SMILES string of the molecule is Nc1cc(C(F)(F)F)ccc1SC=CC(=O)O. The summed E-state index contributed by atoms with van der Waals surface area (Å²) < 4.78 is 36.9. The molecule has 17 heavy (non-hydrogen) atoms. The van der Waals surface area contributed by atoms with Gasteiger partial charge in [-0.3, -0.25) is 0 Å². The second-order valence-electron chi connectivity index (χ2n) is 3.01. The number of hydrogen-bond donors (Lipinski definition) is 2. The van der Waals surface area contributed by atoms with Gasteiger partial charge in [0.2, 0.25) is 0 Å². The molecule has 7 heteroatoms. The first-order valence-electron chi connectivity index (χ1n) is 4.33. The van der Waals surface area contributed by atoms with Gasteiger partial charge in [-0.15, -0.1) is 0 Å². The molecule has 0 aliphatic carbocycles. The van der Waals surface area contributed by atoms with Gasteiger partial charge in [0.05, 0.1) is 5.56 Å². The van der Waals surface area contributed by atoms with Crippen molar-refractivity contribution >= 4 is 23.4 Å². The second-order valence-corrected chi connectivity index (χ2v) is 3.96. The molecule has 3 nitrogen and oxygen atoms in total. The zero-order chi connectivity index (χ0) is 13.1. The van der Waals surface area contributed by atoms with Crippen LogP contribution in [0.3, 0.4) is 0 Å². The Kier molecular flexibility index (Phi) is 4.06. The molecule has 0 saturated carbocycles. The third-order valence-electron chi connectivity index (χ3n) is 1.74. The number of thioether (sulfide) groups is 1. The maximum Gasteiger partial charge on any atom is 0.416 e. The molecule has 0 heterocycles. The number of nitrogen functional groups attached to an aromatic ring is 1. The Labute approximate surface area is 99.1 Å². The number of hydrogen-bond acceptors (Lipinski definition) is 3. The highest BCUT2D eigenvalue weighted by Gasteiger charge is 2.30. The standard InChI is InChI=1S/C10H8F3NO2S/c11-10(12,13)6-1-2-8(7(14)5-6)17-4-3-9(15)16/h1-5H,14H2,(H,15,16). The topological polar surface area (TPSA) is 63.3 Å². The highest BCUT2D eigenvalue weighted by Crippen LogP contribution is 2.34. The van der Waals surface area contributed by atoms with Gasteiger partial charge in [-0.2, -0.15) is 13.2 Å². The van der Waals surface area contributed by atoms with Crippen molar-refractivity contribution in [2.75, 3.05) is 5.73 Å². The first-order chi connectivity index (χ1) is 7.80. The summed E-state index contributed by atoms with van der Waals surface area (Å²) in [5.41, 5.74) is 4.56. The first kappa shape index (κ1) is 13.4. The van der Waals surface area contributed by atoms with Crippen LogP contribution < -0.4 is 5.73 Å². The Morgan fingerprint density at radius 2 is 2.06 bits per heavy atom. The maximum atomic E-state index is 12.3. The van der Waals surface area contributed by atoms with E-state index in [1.165, 1.54) is 11.5 Å². The fourth-order valence-corrected chi connectivity index (χ4v) is 1.67. The molecule has 0 bridgehead atoms. The normalized spacial score (nSPS) is 11.9. The smallest absolute Gasteiger partial charge is 0.416 e. The highest BCUT2D eigenvalue weighted by molar-refractivity contribution is 8.02. The minimum absolute atomic E-state index is 0.0418. The number of alkyl halides is 3. The monoisotopic (exact) mass is 263 g/mol. The van der Waals surface area contributed by atoms with Gasteiger partial charge in [0.15, 0.2) is 0 Å². The molecule has 1 aromatic carbocycles. The molecule has 1 rings (SSSR count). The van der Waals surface area contributed by atoms with Crippen LogP contribution in [-0.4, -0.2) is 11.1 Å². The van der Waals surface area contributed by atoms with Gasteiger partial charge < -0.3 is 10.8 Å². The van der Waals surface area contributed by atoms with Crippen LogP contribution in [0.4, 0.5) is 18.9 Å². The van der Waals surface area contributed by atoms with E-state index in [4.69, 9.17) is 10.8 Å². The van der Waals surface area contributed by atoms with Crippen molar-refractivity contribution < 1.29 is 23.1 Å². The summed E-state index contributed by atoms with van der Waals surface area (Å²) in [4.78, 5) is 10.6. The van der Waals surface area contributed by atoms with E-state index in [-0.39, 0.29) is 5.69 Å². The third kappa shape index (κ3) is 4.03. The maximum absolute atomic E-state index is 12.3. The predicted octanol–water partition coefficient (Wildman–Crippen LogP) is 2.98. The number of carboxylic acids is 1. The Morgan fingerprint density at radius 3 is 2.53 bits per heavy atom. The number of rotatable bonds is 3. The molecule has 0 radical (unpaired) electrons. The van der Waals surface area contributed by atoms with Crippen LogP contribution in [0.1, 0.15) is 5.56 Å². The van der Waals surface area contributed by atoms with Crippen LogP contribution in [0.5, 0.6) is 0 Å². The largest absolute Gasteiger partial charge is 0.478 e. The lowest BCUT2D eigenvalue weighted by molar-refractivity contribution is -0.137. The van der Waals surface area contributed by atoms with Gasteiger partial charge in [-0.05, 0) is 23.6 Å². The Balaban J connectivity index is 2.87. The molecule has 0 atom stereocenters. The zero-order valence-corrected chi connectivity index (χ0v) is 9.18. The molecule has 0 saturated heterocycles. The van der Waals surface area contributed by atoms with Crippen LogP contribution in [0.2, 0.25) is 0 Å². The van der Waals surface area contributed by atoms with Crippen molar-refractivity contribution in [1.82, 2.24) is 0 Å². The lowest BCUT2D eigenvalue weighted by atomic mass is 10.2. The summed E-state index contributed by atoms with van der Waals surface area (Å²) in [6.45, 7) is 0. The van der Waals surface area contributed by atoms with Gasteiger partial charge in [0.25, 0.3) is 0 Å². The summed E-state index contributed by atoms with van der Waals surface area (Å²) in [6.07, 6.45) is -3.56. The zero-order valence-electron chi connectivity index (χ0n) is 8.36. The number of benzene rings is 1. The van der Waals surface area contributed by atoms with Gasteiger partial charge in [0, 0.05) is 16.7 Å². The van der Waals surface area contributed by atoms with Crippen LogP contribution in [0.25, 0.3) is 0 Å². The molecular formula is C10H8F3NO2S. The van der Waals surface area contributed by atoms with Crippen molar-refractivity contribution in [1.29, 1.82) is 0 Å². The molecular weight excluding hydrogens is 255 g/mol. The van der Waals surface area contributed by atoms with Gasteiger partial charge in [-0.1, -0.05) is 11.8 Å². The van der Waals surface area contributed by atoms with E-state index in [1.807, 2.05) is 0 Å². The highest BCUT2D eigenvalue weighted by atomic mass is 32.2. The lowest BCUT2D eigenvalue weighted by Gasteiger charge is -2.09. The van der Waals surface area contributed by atoms with Gasteiger partial charge in [0.1, 0.15) is 0 Å². The molecule has 0 aliphatic rings. The fraction of sp³-hybridized carbons (Fsp3) is 0.100. The third-order valence-corrected chi connectivity index (χ3v) is 2.64. The predicted molar refractivity (Wildman–Crippen MR) is 58.5 cm³/mol. The quantitative estimate of drug-likeness (QED) is 0.500. The van der Waals surface area contributed by atoms with E-state index in [2.05, 4.69) is 0 Å². The minimum Gasteiger partial charge on any atom is -0.478 e. The first-order valence-corrected chi connectivity index (χ1v) is 5.21. The van der Waals surface area contributed by atoms with E-state index < -0.39 is 17.7 Å². The van der Waals surface area contributed by atoms with E-state index in [0.717, 1.165) is 30.0 Å². The fourth-order valence-electron chi connectivity index (χ4n) is 0.998. The lowest BCUT2D eigenvalue weighted by Crippen LogP contribution is -2.05. The van der Waals surface area contributed by atoms with Crippen LogP contribution in [0.15, 0.2) is 34.6 Å². The van der Waals surface area contributed by atoms with Gasteiger partial charge >= 0.3 is 12.1 Å². The molecule has 0 aliphatic heterocycles. The minimum atomic E-state index is -4.44. The number of anilines is 1. The van der Waals surface area contributed by atoms with Crippen molar-refractivity contribution in [3.63, 3.8) is 0 Å². The van der Waals surface area contributed by atoms with Crippen LogP contribution >= 0.6 is 11.8 Å². The Hall–Kier alpha value is -1.63. The molecule has 0 fully saturated rings. The molecule has 0 aromatic heterocycles.